The first-order valence-electron chi connectivity index (χ1n) is 5.67. The van der Waals surface area contributed by atoms with Crippen LogP contribution in [0, 0.1) is 0 Å². The molecule has 0 aromatic heterocycles. The van der Waals surface area contributed by atoms with Gasteiger partial charge in [-0.3, -0.25) is 0 Å². The van der Waals surface area contributed by atoms with Gasteiger partial charge in [-0.2, -0.15) is 0 Å². The van der Waals surface area contributed by atoms with Crippen LogP contribution in [0.25, 0.3) is 0 Å². The lowest BCUT2D eigenvalue weighted by Gasteiger charge is -2.33. The summed E-state index contributed by atoms with van der Waals surface area (Å²) in [5.41, 5.74) is 6.95. The molecule has 0 aliphatic rings. The van der Waals surface area contributed by atoms with E-state index in [9.17, 15) is 0 Å². The van der Waals surface area contributed by atoms with E-state index in [0.29, 0.717) is 10.0 Å². The third-order valence-corrected chi connectivity index (χ3v) is 4.13. The summed E-state index contributed by atoms with van der Waals surface area (Å²) in [6, 6.07) is 5.52. The Hall–Kier alpha value is -0.280. The average Bonchev–Trinajstić information content (AvgIpc) is 2.32. The molecule has 2 N–H and O–H groups in total. The van der Waals surface area contributed by atoms with Gasteiger partial charge in [0.2, 0.25) is 0 Å². The molecule has 1 aromatic carbocycles. The van der Waals surface area contributed by atoms with Crippen LogP contribution in [0.15, 0.2) is 18.2 Å². The fourth-order valence-electron chi connectivity index (χ4n) is 1.69. The van der Waals surface area contributed by atoms with Gasteiger partial charge in [-0.25, -0.2) is 0 Å². The lowest BCUT2D eigenvalue weighted by Crippen LogP contribution is -2.48. The molecule has 0 heterocycles. The van der Waals surface area contributed by atoms with Gasteiger partial charge >= 0.3 is 0 Å². The largest absolute Gasteiger partial charge is 0.377 e. The minimum atomic E-state index is -0.313. The molecular weight excluding hydrogens is 257 g/mol. The highest BCUT2D eigenvalue weighted by Crippen LogP contribution is 2.25. The smallest absolute Gasteiger partial charge is 0.0801 e. The molecule has 0 fully saturated rings. The lowest BCUT2D eigenvalue weighted by molar-refractivity contribution is -0.0184. The second-order valence-corrected chi connectivity index (χ2v) is 5.24. The van der Waals surface area contributed by atoms with Gasteiger partial charge in [0, 0.05) is 13.2 Å². The third kappa shape index (κ3) is 3.59. The molecule has 2 nitrogen and oxygen atoms in total. The van der Waals surface area contributed by atoms with Crippen LogP contribution in [0.4, 0.5) is 0 Å². The van der Waals surface area contributed by atoms with Crippen LogP contribution >= 0.6 is 23.2 Å². The Bertz CT molecular complexity index is 378. The minimum Gasteiger partial charge on any atom is -0.377 e. The molecule has 0 spiro atoms. The second-order valence-electron chi connectivity index (χ2n) is 4.43. The number of hydrogen-bond acceptors (Lipinski definition) is 2. The maximum Gasteiger partial charge on any atom is 0.0801 e. The van der Waals surface area contributed by atoms with Crippen molar-refractivity contribution in [1.82, 2.24) is 0 Å². The van der Waals surface area contributed by atoms with E-state index in [1.54, 1.807) is 13.2 Å². The van der Waals surface area contributed by atoms with E-state index in [-0.39, 0.29) is 11.6 Å². The molecule has 1 rings (SSSR count). The maximum atomic E-state index is 6.19. The minimum absolute atomic E-state index is 0.0743. The Morgan fingerprint density at radius 2 is 2.00 bits per heavy atom. The second kappa shape index (κ2) is 6.05. The molecule has 2 atom stereocenters. The number of rotatable bonds is 5. The number of benzene rings is 1. The Morgan fingerprint density at radius 1 is 1.35 bits per heavy atom. The van der Waals surface area contributed by atoms with Gasteiger partial charge in [-0.1, -0.05) is 36.2 Å². The van der Waals surface area contributed by atoms with Crippen molar-refractivity contribution in [3.63, 3.8) is 0 Å². The number of methoxy groups -OCH3 is 1. The molecule has 0 aliphatic carbocycles. The van der Waals surface area contributed by atoms with Crippen LogP contribution < -0.4 is 5.73 Å². The van der Waals surface area contributed by atoms with E-state index in [1.165, 1.54) is 0 Å². The molecule has 0 saturated heterocycles. The molecule has 4 heteroatoms. The zero-order valence-corrected chi connectivity index (χ0v) is 12.0. The fourth-order valence-corrected chi connectivity index (χ4v) is 2.02. The fraction of sp³-hybridized carbons (Fsp3) is 0.538. The molecule has 0 radical (unpaired) electrons. The van der Waals surface area contributed by atoms with Crippen molar-refractivity contribution < 1.29 is 4.74 Å². The van der Waals surface area contributed by atoms with Crippen molar-refractivity contribution in [2.24, 2.45) is 5.73 Å². The van der Waals surface area contributed by atoms with Crippen LogP contribution in [0.5, 0.6) is 0 Å². The highest BCUT2D eigenvalue weighted by atomic mass is 35.5. The first-order valence-corrected chi connectivity index (χ1v) is 6.43. The van der Waals surface area contributed by atoms with Crippen molar-refractivity contribution in [1.29, 1.82) is 0 Å². The van der Waals surface area contributed by atoms with Crippen LogP contribution in [-0.4, -0.2) is 18.8 Å². The predicted molar refractivity (Wildman–Crippen MR) is 73.8 cm³/mol. The van der Waals surface area contributed by atoms with Crippen LogP contribution in [0.1, 0.15) is 25.8 Å². The zero-order valence-electron chi connectivity index (χ0n) is 10.5. The van der Waals surface area contributed by atoms with Gasteiger partial charge in [0.25, 0.3) is 0 Å². The topological polar surface area (TPSA) is 35.2 Å². The third-order valence-electron chi connectivity index (χ3n) is 3.39. The average molecular weight is 276 g/mol. The van der Waals surface area contributed by atoms with Gasteiger partial charge in [0.05, 0.1) is 15.6 Å². The van der Waals surface area contributed by atoms with E-state index in [4.69, 9.17) is 33.7 Å². The molecule has 0 saturated carbocycles. The van der Waals surface area contributed by atoms with E-state index >= 15 is 0 Å². The van der Waals surface area contributed by atoms with E-state index < -0.39 is 0 Å². The number of halogens is 2. The molecule has 1 aromatic rings. The lowest BCUT2D eigenvalue weighted by atomic mass is 9.89. The highest BCUT2D eigenvalue weighted by molar-refractivity contribution is 6.42. The van der Waals surface area contributed by atoms with Gasteiger partial charge in [0.1, 0.15) is 0 Å². The Morgan fingerprint density at radius 3 is 2.47 bits per heavy atom. The molecular formula is C13H19Cl2NO. The number of hydrogen-bond donors (Lipinski definition) is 1. The molecule has 2 unspecified atom stereocenters. The summed E-state index contributed by atoms with van der Waals surface area (Å²) in [5, 5.41) is 1.13. The van der Waals surface area contributed by atoms with Crippen molar-refractivity contribution in [2.75, 3.05) is 7.11 Å². The molecule has 0 amide bonds. The molecule has 17 heavy (non-hydrogen) atoms. The summed E-state index contributed by atoms with van der Waals surface area (Å²) in [5.74, 6) is 0. The molecule has 96 valence electrons. The van der Waals surface area contributed by atoms with Gasteiger partial charge in [-0.05, 0) is 37.5 Å². The normalized spacial score (nSPS) is 16.6. The first kappa shape index (κ1) is 14.8. The summed E-state index contributed by atoms with van der Waals surface area (Å²) in [6.07, 6.45) is 1.58. The number of nitrogens with two attached hydrogens (primary N) is 1. The van der Waals surface area contributed by atoms with E-state index in [0.717, 1.165) is 18.4 Å². The zero-order chi connectivity index (χ0) is 13.1. The first-order chi connectivity index (χ1) is 7.92. The summed E-state index contributed by atoms with van der Waals surface area (Å²) >= 11 is 11.8. The monoisotopic (exact) mass is 275 g/mol. The molecule has 0 aliphatic heterocycles. The predicted octanol–water partition coefficient (Wildman–Crippen LogP) is 3.68. The molecule has 0 bridgehead atoms. The van der Waals surface area contributed by atoms with E-state index in [1.807, 2.05) is 19.1 Å². The van der Waals surface area contributed by atoms with E-state index in [2.05, 4.69) is 6.92 Å². The Balaban J connectivity index is 2.80. The van der Waals surface area contributed by atoms with Crippen molar-refractivity contribution in [2.45, 2.75) is 38.3 Å². The summed E-state index contributed by atoms with van der Waals surface area (Å²) < 4.78 is 5.49. The van der Waals surface area contributed by atoms with Crippen LogP contribution in [0.3, 0.4) is 0 Å². The maximum absolute atomic E-state index is 6.19. The van der Waals surface area contributed by atoms with Gasteiger partial charge < -0.3 is 10.5 Å². The van der Waals surface area contributed by atoms with Crippen molar-refractivity contribution >= 4 is 23.2 Å². The van der Waals surface area contributed by atoms with Gasteiger partial charge in [-0.15, -0.1) is 0 Å². The summed E-state index contributed by atoms with van der Waals surface area (Å²) in [4.78, 5) is 0. The van der Waals surface area contributed by atoms with Crippen molar-refractivity contribution in [3.8, 4) is 0 Å². The Labute approximate surface area is 113 Å². The van der Waals surface area contributed by atoms with Gasteiger partial charge in [0.15, 0.2) is 0 Å². The van der Waals surface area contributed by atoms with Crippen LogP contribution in [0.2, 0.25) is 10.0 Å². The standard InChI is InChI=1S/C13H19Cl2NO/c1-4-13(2,17-3)12(16)8-9-5-6-10(14)11(15)7-9/h5-7,12H,4,8,16H2,1-3H3. The summed E-state index contributed by atoms with van der Waals surface area (Å²) in [6.45, 7) is 4.09. The SMILES string of the molecule is CCC(C)(OC)C(N)Cc1ccc(Cl)c(Cl)c1. The van der Waals surface area contributed by atoms with Crippen molar-refractivity contribution in [3.05, 3.63) is 33.8 Å². The van der Waals surface area contributed by atoms with Crippen LogP contribution in [-0.2, 0) is 11.2 Å². The Kier molecular flexibility index (Phi) is 5.26. The quantitative estimate of drug-likeness (QED) is 0.890. The number of ether oxygens (including phenoxy) is 1. The highest BCUT2D eigenvalue weighted by Gasteiger charge is 2.29. The summed E-state index contributed by atoms with van der Waals surface area (Å²) in [7, 11) is 1.69.